The van der Waals surface area contributed by atoms with E-state index in [1.165, 1.54) is 0 Å². The monoisotopic (exact) mass is 365 g/mol. The van der Waals surface area contributed by atoms with Crippen LogP contribution in [0.15, 0.2) is 12.3 Å². The van der Waals surface area contributed by atoms with Crippen molar-refractivity contribution in [1.82, 2.24) is 5.32 Å². The van der Waals surface area contributed by atoms with Crippen molar-refractivity contribution in [2.24, 2.45) is 10.8 Å². The molecule has 0 saturated carbocycles. The molecule has 0 amide bonds. The average molecular weight is 365 g/mol. The quantitative estimate of drug-likeness (QED) is 0.388. The lowest BCUT2D eigenvalue weighted by molar-refractivity contribution is -0.0446. The number of ether oxygens (including phenoxy) is 2. The zero-order valence-corrected chi connectivity index (χ0v) is 18.8. The van der Waals surface area contributed by atoms with Gasteiger partial charge in [0.1, 0.15) is 0 Å². The Morgan fingerprint density at radius 2 is 1.73 bits per heavy atom. The molecule has 0 rings (SSSR count). The minimum Gasteiger partial charge on any atom is -0.388 e. The van der Waals surface area contributed by atoms with Gasteiger partial charge in [-0.2, -0.15) is 0 Å². The molecule has 1 atom stereocenters. The Hall–Kier alpha value is -0.475. The van der Waals surface area contributed by atoms with Crippen molar-refractivity contribution in [3.63, 3.8) is 0 Å². The van der Waals surface area contributed by atoms with Gasteiger partial charge in [-0.1, -0.05) is 47.0 Å². The molecular formula is C22H44BNO2. The van der Waals surface area contributed by atoms with Crippen LogP contribution in [0.25, 0.3) is 0 Å². The van der Waals surface area contributed by atoms with Crippen LogP contribution in [0, 0.1) is 10.8 Å². The summed E-state index contributed by atoms with van der Waals surface area (Å²) in [5.41, 5.74) is 1.27. The Morgan fingerprint density at radius 1 is 1.12 bits per heavy atom. The molecule has 4 heteroatoms. The lowest BCUT2D eigenvalue weighted by Crippen LogP contribution is -2.32. The van der Waals surface area contributed by atoms with Crippen LogP contribution in [0.4, 0.5) is 0 Å². The van der Waals surface area contributed by atoms with Crippen LogP contribution in [0.5, 0.6) is 0 Å². The van der Waals surface area contributed by atoms with Crippen molar-refractivity contribution >= 4 is 7.85 Å². The first kappa shape index (κ1) is 25.5. The minimum atomic E-state index is -0.110. The molecule has 0 aliphatic carbocycles. The van der Waals surface area contributed by atoms with Crippen LogP contribution in [0.2, 0.25) is 6.32 Å². The summed E-state index contributed by atoms with van der Waals surface area (Å²) in [4.78, 5) is 0. The zero-order chi connectivity index (χ0) is 20.4. The van der Waals surface area contributed by atoms with E-state index in [0.29, 0.717) is 0 Å². The Labute approximate surface area is 165 Å². The fourth-order valence-electron chi connectivity index (χ4n) is 3.50. The molecule has 0 aromatic rings. The molecule has 0 bridgehead atoms. The zero-order valence-electron chi connectivity index (χ0n) is 18.8. The lowest BCUT2D eigenvalue weighted by atomic mass is 9.70. The largest absolute Gasteiger partial charge is 0.388 e. The van der Waals surface area contributed by atoms with Gasteiger partial charge in [0.25, 0.3) is 0 Å². The maximum Gasteiger partial charge on any atom is 0.0653 e. The van der Waals surface area contributed by atoms with Gasteiger partial charge >= 0.3 is 0 Å². The van der Waals surface area contributed by atoms with E-state index in [1.807, 2.05) is 6.92 Å². The van der Waals surface area contributed by atoms with E-state index in [-0.39, 0.29) is 22.5 Å². The van der Waals surface area contributed by atoms with Crippen LogP contribution in [0.1, 0.15) is 81.1 Å². The lowest BCUT2D eigenvalue weighted by Gasteiger charge is -2.37. The predicted octanol–water partition coefficient (Wildman–Crippen LogP) is 5.51. The van der Waals surface area contributed by atoms with E-state index in [4.69, 9.17) is 17.3 Å². The fraction of sp³-hybridized carbons (Fsp3) is 0.909. The maximum atomic E-state index is 5.94. The third-order valence-corrected chi connectivity index (χ3v) is 5.09. The summed E-state index contributed by atoms with van der Waals surface area (Å²) in [5.74, 6) is 0. The molecule has 0 heterocycles. The van der Waals surface area contributed by atoms with Crippen LogP contribution in [-0.2, 0) is 9.47 Å². The maximum absolute atomic E-state index is 5.94. The van der Waals surface area contributed by atoms with Gasteiger partial charge in [0.2, 0.25) is 0 Å². The van der Waals surface area contributed by atoms with Crippen molar-refractivity contribution in [3.8, 4) is 0 Å². The number of hydrogen-bond donors (Lipinski definition) is 1. The third kappa shape index (κ3) is 11.3. The van der Waals surface area contributed by atoms with Crippen molar-refractivity contribution in [2.75, 3.05) is 19.8 Å². The van der Waals surface area contributed by atoms with Gasteiger partial charge in [0, 0.05) is 30.9 Å². The number of nitrogens with one attached hydrogen (secondary N) is 1. The minimum absolute atomic E-state index is 0.0459. The highest BCUT2D eigenvalue weighted by Gasteiger charge is 2.30. The van der Waals surface area contributed by atoms with Gasteiger partial charge in [-0.05, 0) is 52.4 Å². The second kappa shape index (κ2) is 11.4. The normalized spacial score (nSPS) is 14.3. The van der Waals surface area contributed by atoms with E-state index in [0.717, 1.165) is 57.5 Å². The Bertz CT molecular complexity index is 405. The van der Waals surface area contributed by atoms with E-state index < -0.39 is 0 Å². The molecule has 0 aromatic carbocycles. The summed E-state index contributed by atoms with van der Waals surface area (Å²) in [6, 6.07) is 0. The van der Waals surface area contributed by atoms with Gasteiger partial charge in [-0.25, -0.2) is 0 Å². The van der Waals surface area contributed by atoms with E-state index in [2.05, 4.69) is 60.4 Å². The average Bonchev–Trinajstić information content (AvgIpc) is 2.45. The topological polar surface area (TPSA) is 30.5 Å². The van der Waals surface area contributed by atoms with Gasteiger partial charge in [-0.3, -0.25) is 0 Å². The highest BCUT2D eigenvalue weighted by atomic mass is 16.5. The smallest absolute Gasteiger partial charge is 0.0653 e. The highest BCUT2D eigenvalue weighted by Crippen LogP contribution is 2.40. The van der Waals surface area contributed by atoms with Gasteiger partial charge in [0.15, 0.2) is 0 Å². The first-order chi connectivity index (χ1) is 11.9. The second-order valence-corrected chi connectivity index (χ2v) is 9.58. The molecule has 2 radical (unpaired) electrons. The van der Waals surface area contributed by atoms with Crippen LogP contribution in [0.3, 0.4) is 0 Å². The molecule has 0 spiro atoms. The Kier molecular flexibility index (Phi) is 11.2. The summed E-state index contributed by atoms with van der Waals surface area (Å²) in [5, 5.41) is 3.52. The van der Waals surface area contributed by atoms with Crippen molar-refractivity contribution in [1.29, 1.82) is 0 Å². The molecule has 26 heavy (non-hydrogen) atoms. The molecule has 0 aromatic heterocycles. The number of hydrogen-bond acceptors (Lipinski definition) is 3. The van der Waals surface area contributed by atoms with Crippen LogP contribution < -0.4 is 5.32 Å². The first-order valence-electron chi connectivity index (χ1n) is 10.2. The van der Waals surface area contributed by atoms with E-state index in [9.17, 15) is 0 Å². The fourth-order valence-corrected chi connectivity index (χ4v) is 3.50. The molecule has 0 aliphatic rings. The van der Waals surface area contributed by atoms with Gasteiger partial charge < -0.3 is 14.8 Å². The molecule has 0 fully saturated rings. The van der Waals surface area contributed by atoms with Crippen LogP contribution in [-0.4, -0.2) is 39.3 Å². The molecular weight excluding hydrogens is 321 g/mol. The SMILES string of the molecule is [B]CCC(C)(C)CC(C)(C)C(=C)NCCC(C)OCCC(C)(C)OCC. The Morgan fingerprint density at radius 3 is 2.27 bits per heavy atom. The number of allylic oxidation sites excluding steroid dienone is 1. The first-order valence-corrected chi connectivity index (χ1v) is 10.2. The summed E-state index contributed by atoms with van der Waals surface area (Å²) < 4.78 is 11.6. The van der Waals surface area contributed by atoms with E-state index in [1.54, 1.807) is 0 Å². The van der Waals surface area contributed by atoms with Crippen LogP contribution >= 0.6 is 0 Å². The number of rotatable bonds is 15. The van der Waals surface area contributed by atoms with Crippen molar-refractivity contribution < 1.29 is 9.47 Å². The van der Waals surface area contributed by atoms with Crippen molar-refractivity contribution in [3.05, 3.63) is 12.3 Å². The van der Waals surface area contributed by atoms with Crippen molar-refractivity contribution in [2.45, 2.75) is 99.1 Å². The molecule has 0 aliphatic heterocycles. The van der Waals surface area contributed by atoms with Gasteiger partial charge in [0.05, 0.1) is 19.6 Å². The van der Waals surface area contributed by atoms with Gasteiger partial charge in [-0.15, -0.1) is 0 Å². The predicted molar refractivity (Wildman–Crippen MR) is 115 cm³/mol. The molecule has 152 valence electrons. The Balaban J connectivity index is 4.16. The summed E-state index contributed by atoms with van der Waals surface area (Å²) in [7, 11) is 5.75. The molecule has 0 saturated heterocycles. The second-order valence-electron chi connectivity index (χ2n) is 9.58. The highest BCUT2D eigenvalue weighted by molar-refractivity contribution is 6.08. The molecule has 1 N–H and O–H groups in total. The molecule has 1 unspecified atom stereocenters. The third-order valence-electron chi connectivity index (χ3n) is 5.09. The summed E-state index contributed by atoms with van der Waals surface area (Å²) >= 11 is 0. The standard InChI is InChI=1S/C22H44BNO2/c1-10-26-22(8,9)13-16-25-18(2)11-15-24-19(3)21(6,7)17-20(4,5)12-14-23/h18,24H,3,10-17H2,1-2,4-9H3. The summed E-state index contributed by atoms with van der Waals surface area (Å²) in [6.07, 6.45) is 4.95. The molecule has 3 nitrogen and oxygen atoms in total. The van der Waals surface area contributed by atoms with E-state index >= 15 is 0 Å². The summed E-state index contributed by atoms with van der Waals surface area (Å²) in [6.45, 7) is 24.1.